The van der Waals surface area contributed by atoms with Crippen molar-refractivity contribution in [3.05, 3.63) is 57.3 Å². The zero-order chi connectivity index (χ0) is 12.4. The summed E-state index contributed by atoms with van der Waals surface area (Å²) in [7, 11) is 0. The monoisotopic (exact) mass is 254 g/mol. The minimum atomic E-state index is -2.47. The highest BCUT2D eigenvalue weighted by Crippen LogP contribution is 2.29. The van der Waals surface area contributed by atoms with Crippen LogP contribution >= 0.6 is 11.3 Å². The summed E-state index contributed by atoms with van der Waals surface area (Å²) in [4.78, 5) is 1.94. The molecule has 1 atom stereocenters. The second-order valence-corrected chi connectivity index (χ2v) is 5.14. The van der Waals surface area contributed by atoms with Crippen LogP contribution in [0.3, 0.4) is 0 Å². The third-order valence-electron chi connectivity index (χ3n) is 2.53. The molecule has 2 aromatic rings. The van der Waals surface area contributed by atoms with Crippen molar-refractivity contribution in [2.45, 2.75) is 19.5 Å². The molecule has 0 bridgehead atoms. The molecule has 0 fully saturated rings. The van der Waals surface area contributed by atoms with E-state index in [0.717, 1.165) is 9.75 Å². The Balaban J connectivity index is 2.22. The van der Waals surface area contributed by atoms with Gasteiger partial charge in [0.15, 0.2) is 0 Å². The van der Waals surface area contributed by atoms with Crippen molar-refractivity contribution >= 4 is 11.3 Å². The molecule has 0 aliphatic heterocycles. The second kappa shape index (κ2) is 4.94. The molecule has 2 rings (SSSR count). The van der Waals surface area contributed by atoms with Gasteiger partial charge in [-0.25, -0.2) is 8.78 Å². The molecule has 1 nitrogen and oxygen atoms in total. The number of rotatable bonds is 3. The van der Waals surface area contributed by atoms with Crippen LogP contribution in [-0.2, 0) is 0 Å². The van der Waals surface area contributed by atoms with Gasteiger partial charge < -0.3 is 5.11 Å². The van der Waals surface area contributed by atoms with Crippen LogP contribution < -0.4 is 0 Å². The van der Waals surface area contributed by atoms with Gasteiger partial charge in [-0.1, -0.05) is 24.3 Å². The Morgan fingerprint density at radius 2 is 1.59 bits per heavy atom. The van der Waals surface area contributed by atoms with Crippen molar-refractivity contribution in [3.8, 4) is 0 Å². The highest BCUT2D eigenvalue weighted by atomic mass is 32.1. The number of benzene rings is 1. The van der Waals surface area contributed by atoms with Crippen LogP contribution in [0.4, 0.5) is 8.78 Å². The molecule has 0 radical (unpaired) electrons. The minimum absolute atomic E-state index is 0.0247. The fourth-order valence-electron chi connectivity index (χ4n) is 1.59. The van der Waals surface area contributed by atoms with E-state index < -0.39 is 12.5 Å². The number of alkyl halides is 2. The van der Waals surface area contributed by atoms with Crippen LogP contribution in [0.2, 0.25) is 0 Å². The van der Waals surface area contributed by atoms with E-state index in [9.17, 15) is 13.9 Å². The molecule has 0 saturated heterocycles. The normalized spacial score (nSPS) is 13.0. The molecule has 0 aliphatic carbocycles. The Morgan fingerprint density at radius 1 is 1.00 bits per heavy atom. The smallest absolute Gasteiger partial charge is 0.263 e. The fraction of sp³-hybridized carbons (Fsp3) is 0.231. The van der Waals surface area contributed by atoms with Gasteiger partial charge in [0.05, 0.1) is 0 Å². The molecule has 17 heavy (non-hydrogen) atoms. The molecule has 0 amide bonds. The Kier molecular flexibility index (Phi) is 3.54. The van der Waals surface area contributed by atoms with Crippen molar-refractivity contribution in [1.29, 1.82) is 0 Å². The van der Waals surface area contributed by atoms with E-state index in [0.29, 0.717) is 5.56 Å². The molecule has 90 valence electrons. The summed E-state index contributed by atoms with van der Waals surface area (Å²) in [6.07, 6.45) is -3.20. The lowest BCUT2D eigenvalue weighted by Gasteiger charge is -2.09. The summed E-state index contributed by atoms with van der Waals surface area (Å²) in [5.74, 6) is 0. The van der Waals surface area contributed by atoms with Crippen LogP contribution in [0.1, 0.15) is 33.4 Å². The number of hydrogen-bond donors (Lipinski definition) is 1. The number of aliphatic hydroxyl groups is 1. The average Bonchev–Trinajstić information content (AvgIpc) is 2.75. The van der Waals surface area contributed by atoms with Crippen molar-refractivity contribution < 1.29 is 13.9 Å². The Labute approximate surface area is 102 Å². The molecular formula is C13H12F2OS. The third kappa shape index (κ3) is 2.70. The first-order valence-corrected chi connectivity index (χ1v) is 6.02. The number of hydrogen-bond acceptors (Lipinski definition) is 2. The van der Waals surface area contributed by atoms with Crippen LogP contribution in [0.5, 0.6) is 0 Å². The maximum absolute atomic E-state index is 12.4. The number of aryl methyl sites for hydroxylation is 1. The molecule has 0 spiro atoms. The van der Waals surface area contributed by atoms with Crippen LogP contribution in [-0.4, -0.2) is 5.11 Å². The predicted molar refractivity (Wildman–Crippen MR) is 64.5 cm³/mol. The first-order valence-electron chi connectivity index (χ1n) is 5.20. The third-order valence-corrected chi connectivity index (χ3v) is 3.59. The van der Waals surface area contributed by atoms with Gasteiger partial charge in [-0.05, 0) is 24.6 Å². The highest BCUT2D eigenvalue weighted by molar-refractivity contribution is 7.12. The van der Waals surface area contributed by atoms with Gasteiger partial charge in [-0.15, -0.1) is 11.3 Å². The van der Waals surface area contributed by atoms with E-state index in [-0.39, 0.29) is 5.56 Å². The van der Waals surface area contributed by atoms with Crippen molar-refractivity contribution in [2.24, 2.45) is 0 Å². The van der Waals surface area contributed by atoms with Gasteiger partial charge in [0.1, 0.15) is 6.10 Å². The second-order valence-electron chi connectivity index (χ2n) is 3.82. The summed E-state index contributed by atoms with van der Waals surface area (Å²) < 4.78 is 24.7. The first kappa shape index (κ1) is 12.2. The van der Waals surface area contributed by atoms with Crippen molar-refractivity contribution in [2.75, 3.05) is 0 Å². The van der Waals surface area contributed by atoms with E-state index in [1.165, 1.54) is 23.5 Å². The van der Waals surface area contributed by atoms with Gasteiger partial charge in [0.25, 0.3) is 6.43 Å². The minimum Gasteiger partial charge on any atom is -0.383 e. The average molecular weight is 254 g/mol. The van der Waals surface area contributed by atoms with Crippen molar-refractivity contribution in [3.63, 3.8) is 0 Å². The summed E-state index contributed by atoms with van der Waals surface area (Å²) in [6.45, 7) is 1.96. The number of halogens is 2. The Bertz CT molecular complexity index is 490. The van der Waals surface area contributed by atoms with Crippen molar-refractivity contribution in [1.82, 2.24) is 0 Å². The lowest BCUT2D eigenvalue weighted by molar-refractivity contribution is 0.151. The van der Waals surface area contributed by atoms with Crippen LogP contribution in [0.15, 0.2) is 36.4 Å². The lowest BCUT2D eigenvalue weighted by atomic mass is 10.1. The van der Waals surface area contributed by atoms with E-state index in [1.807, 2.05) is 19.1 Å². The molecule has 1 heterocycles. The summed E-state index contributed by atoms with van der Waals surface area (Å²) in [6, 6.07) is 9.57. The Hall–Kier alpha value is -1.26. The van der Waals surface area contributed by atoms with Gasteiger partial charge in [-0.3, -0.25) is 0 Å². The van der Waals surface area contributed by atoms with Crippen LogP contribution in [0, 0.1) is 6.92 Å². The first-order chi connectivity index (χ1) is 8.08. The summed E-state index contributed by atoms with van der Waals surface area (Å²) >= 11 is 1.50. The summed E-state index contributed by atoms with van der Waals surface area (Å²) in [5.41, 5.74) is 0.611. The quantitative estimate of drug-likeness (QED) is 0.875. The van der Waals surface area contributed by atoms with Gasteiger partial charge in [0, 0.05) is 15.3 Å². The zero-order valence-corrected chi connectivity index (χ0v) is 10.0. The molecule has 4 heteroatoms. The molecule has 0 saturated carbocycles. The maximum atomic E-state index is 12.4. The molecule has 0 aliphatic rings. The molecular weight excluding hydrogens is 242 g/mol. The molecule has 1 aromatic carbocycles. The lowest BCUT2D eigenvalue weighted by Crippen LogP contribution is -1.97. The fourth-order valence-corrected chi connectivity index (χ4v) is 2.48. The largest absolute Gasteiger partial charge is 0.383 e. The van der Waals surface area contributed by atoms with E-state index in [4.69, 9.17) is 0 Å². The van der Waals surface area contributed by atoms with Gasteiger partial charge in [0.2, 0.25) is 0 Å². The van der Waals surface area contributed by atoms with E-state index in [1.54, 1.807) is 12.1 Å². The van der Waals surface area contributed by atoms with E-state index >= 15 is 0 Å². The Morgan fingerprint density at radius 3 is 2.06 bits per heavy atom. The molecule has 1 N–H and O–H groups in total. The maximum Gasteiger partial charge on any atom is 0.263 e. The number of aliphatic hydroxyl groups excluding tert-OH is 1. The van der Waals surface area contributed by atoms with E-state index in [2.05, 4.69) is 0 Å². The SMILES string of the molecule is Cc1ccc(C(O)c2ccc(C(F)F)cc2)s1. The topological polar surface area (TPSA) is 20.2 Å². The van der Waals surface area contributed by atoms with Gasteiger partial charge >= 0.3 is 0 Å². The predicted octanol–water partition coefficient (Wildman–Crippen LogP) is 4.08. The van der Waals surface area contributed by atoms with Crippen LogP contribution in [0.25, 0.3) is 0 Å². The summed E-state index contributed by atoms with van der Waals surface area (Å²) in [5, 5.41) is 10.1. The molecule has 1 unspecified atom stereocenters. The molecule has 1 aromatic heterocycles. The number of thiophene rings is 1. The highest BCUT2D eigenvalue weighted by Gasteiger charge is 2.13. The van der Waals surface area contributed by atoms with Gasteiger partial charge in [-0.2, -0.15) is 0 Å². The standard InChI is InChI=1S/C13H12F2OS/c1-8-2-7-11(17-8)12(16)9-3-5-10(6-4-9)13(14)15/h2-7,12-13,16H,1H3. The zero-order valence-electron chi connectivity index (χ0n) is 9.23.